The molecule has 3 fully saturated rings. The first-order chi connectivity index (χ1) is 17.8. The Morgan fingerprint density at radius 3 is 2.53 bits per heavy atom. The van der Waals surface area contributed by atoms with E-state index in [4.69, 9.17) is 23.8 Å². The molecule has 0 spiro atoms. The minimum atomic E-state index is 0.425. The Morgan fingerprint density at radius 1 is 0.972 bits per heavy atom. The smallest absolute Gasteiger partial charge is 0.149 e. The van der Waals surface area contributed by atoms with Crippen LogP contribution >= 0.6 is 11.5 Å². The molecule has 6 rings (SSSR count). The summed E-state index contributed by atoms with van der Waals surface area (Å²) in [5.74, 6) is 1.80. The summed E-state index contributed by atoms with van der Waals surface area (Å²) in [5, 5.41) is 9.59. The minimum Gasteiger partial charge on any atom is -0.381 e. The van der Waals surface area contributed by atoms with Crippen molar-refractivity contribution in [1.29, 1.82) is 0 Å². The van der Waals surface area contributed by atoms with Crippen molar-refractivity contribution in [2.24, 2.45) is 0 Å². The van der Waals surface area contributed by atoms with E-state index in [-0.39, 0.29) is 0 Å². The van der Waals surface area contributed by atoms with Crippen LogP contribution in [-0.2, 0) is 22.3 Å². The van der Waals surface area contributed by atoms with Crippen LogP contribution in [0.5, 0.6) is 0 Å². The van der Waals surface area contributed by atoms with Crippen molar-refractivity contribution in [3.05, 3.63) is 29.5 Å². The van der Waals surface area contributed by atoms with Crippen molar-refractivity contribution < 1.29 is 9.47 Å². The Morgan fingerprint density at radius 2 is 1.75 bits per heavy atom. The number of aromatic nitrogens is 5. The zero-order valence-corrected chi connectivity index (χ0v) is 22.0. The molecule has 9 nitrogen and oxygen atoms in total. The van der Waals surface area contributed by atoms with Crippen molar-refractivity contribution in [3.63, 3.8) is 0 Å². The van der Waals surface area contributed by atoms with E-state index in [0.717, 1.165) is 91.9 Å². The summed E-state index contributed by atoms with van der Waals surface area (Å²) in [5.41, 5.74) is 2.25. The molecule has 0 aromatic carbocycles. The number of morpholine rings is 1. The lowest BCUT2D eigenvalue weighted by Gasteiger charge is -2.39. The number of nitrogens with one attached hydrogen (secondary N) is 1. The largest absolute Gasteiger partial charge is 0.381 e. The summed E-state index contributed by atoms with van der Waals surface area (Å²) < 4.78 is 17.9. The molecule has 3 aromatic heterocycles. The molecule has 2 saturated heterocycles. The second-order valence-electron chi connectivity index (χ2n) is 10.3. The highest BCUT2D eigenvalue weighted by Crippen LogP contribution is 2.32. The van der Waals surface area contributed by atoms with Gasteiger partial charge in [-0.05, 0) is 62.0 Å². The number of aryl methyl sites for hydroxylation is 1. The molecule has 36 heavy (non-hydrogen) atoms. The fourth-order valence-corrected chi connectivity index (χ4v) is 6.77. The van der Waals surface area contributed by atoms with Gasteiger partial charge in [0.1, 0.15) is 16.5 Å². The van der Waals surface area contributed by atoms with Crippen LogP contribution in [0, 0.1) is 0 Å². The normalized spacial score (nSPS) is 24.4. The number of rotatable bonds is 7. The van der Waals surface area contributed by atoms with Gasteiger partial charge >= 0.3 is 0 Å². The number of nitrogens with zero attached hydrogens (tertiary/aromatic N) is 6. The lowest BCUT2D eigenvalue weighted by Crippen LogP contribution is -2.46. The van der Waals surface area contributed by atoms with Crippen LogP contribution in [0.2, 0.25) is 0 Å². The third kappa shape index (κ3) is 5.27. The van der Waals surface area contributed by atoms with Gasteiger partial charge in [-0.15, -0.1) is 0 Å². The first-order valence-electron chi connectivity index (χ1n) is 13.6. The van der Waals surface area contributed by atoms with E-state index in [2.05, 4.69) is 33.1 Å². The molecular formula is C26H37N7O2S. The standard InChI is InChI=1S/C26H37N7O2S/c1-2-22-24-25(28-19-3-5-20(6-4-19)32-9-13-35-14-10-32)29-23(30-26(24)36-31-22)15-18-16-27-33(17-18)21-7-11-34-12-8-21/h16-17,19-21H,2-15H2,1H3,(H,28,29,30). The Kier molecular flexibility index (Phi) is 7.45. The molecule has 0 bridgehead atoms. The van der Waals surface area contributed by atoms with E-state index < -0.39 is 0 Å². The van der Waals surface area contributed by atoms with Gasteiger partial charge in [-0.25, -0.2) is 9.97 Å². The first-order valence-corrected chi connectivity index (χ1v) is 14.4. The van der Waals surface area contributed by atoms with Gasteiger partial charge < -0.3 is 14.8 Å². The molecule has 2 aliphatic heterocycles. The van der Waals surface area contributed by atoms with Crippen LogP contribution in [0.15, 0.2) is 12.4 Å². The molecule has 1 aliphatic carbocycles. The van der Waals surface area contributed by atoms with Gasteiger partial charge in [0.05, 0.1) is 36.5 Å². The predicted molar refractivity (Wildman–Crippen MR) is 141 cm³/mol. The Labute approximate surface area is 216 Å². The summed E-state index contributed by atoms with van der Waals surface area (Å²) >= 11 is 1.49. The van der Waals surface area contributed by atoms with Gasteiger partial charge in [0.25, 0.3) is 0 Å². The Hall–Kier alpha value is -2.14. The fourth-order valence-electron chi connectivity index (χ4n) is 5.90. The van der Waals surface area contributed by atoms with E-state index in [9.17, 15) is 0 Å². The van der Waals surface area contributed by atoms with Crippen molar-refractivity contribution >= 4 is 27.6 Å². The van der Waals surface area contributed by atoms with E-state index in [1.54, 1.807) is 0 Å². The van der Waals surface area contributed by atoms with Crippen LogP contribution in [0.4, 0.5) is 5.82 Å². The van der Waals surface area contributed by atoms with Crippen LogP contribution in [0.25, 0.3) is 10.2 Å². The van der Waals surface area contributed by atoms with E-state index in [1.165, 1.54) is 37.2 Å². The number of anilines is 1. The maximum atomic E-state index is 5.55. The number of hydrogen-bond donors (Lipinski definition) is 1. The quantitative estimate of drug-likeness (QED) is 0.512. The third-order valence-corrected chi connectivity index (χ3v) is 8.75. The Balaban J connectivity index is 1.17. The van der Waals surface area contributed by atoms with Gasteiger partial charge in [0.2, 0.25) is 0 Å². The van der Waals surface area contributed by atoms with E-state index >= 15 is 0 Å². The number of ether oxygens (including phenoxy) is 2. The second kappa shape index (κ2) is 11.1. The average Bonchev–Trinajstić information content (AvgIpc) is 3.57. The topological polar surface area (TPSA) is 90.2 Å². The highest BCUT2D eigenvalue weighted by atomic mass is 32.1. The molecular weight excluding hydrogens is 474 g/mol. The fraction of sp³-hybridized carbons (Fsp3) is 0.692. The van der Waals surface area contributed by atoms with Crippen LogP contribution in [0.1, 0.15) is 68.6 Å². The summed E-state index contributed by atoms with van der Waals surface area (Å²) in [7, 11) is 0. The highest BCUT2D eigenvalue weighted by molar-refractivity contribution is 7.13. The van der Waals surface area contributed by atoms with Crippen molar-refractivity contribution in [3.8, 4) is 0 Å². The molecule has 194 valence electrons. The van der Waals surface area contributed by atoms with Gasteiger partial charge in [0.15, 0.2) is 0 Å². The van der Waals surface area contributed by atoms with Crippen molar-refractivity contribution in [2.45, 2.75) is 76.4 Å². The molecule has 0 atom stereocenters. The molecule has 0 unspecified atom stereocenters. The molecule has 3 aromatic rings. The molecule has 5 heterocycles. The highest BCUT2D eigenvalue weighted by Gasteiger charge is 2.28. The summed E-state index contributed by atoms with van der Waals surface area (Å²) in [6.45, 7) is 7.68. The molecule has 0 amide bonds. The maximum absolute atomic E-state index is 5.55. The average molecular weight is 512 g/mol. The van der Waals surface area contributed by atoms with Crippen LogP contribution in [-0.4, -0.2) is 80.6 Å². The van der Waals surface area contributed by atoms with Crippen molar-refractivity contribution in [2.75, 3.05) is 44.8 Å². The second-order valence-corrected chi connectivity index (χ2v) is 11.1. The summed E-state index contributed by atoms with van der Waals surface area (Å²) in [6, 6.07) is 1.55. The van der Waals surface area contributed by atoms with Crippen molar-refractivity contribution in [1.82, 2.24) is 29.0 Å². The summed E-state index contributed by atoms with van der Waals surface area (Å²) in [4.78, 5) is 13.6. The minimum absolute atomic E-state index is 0.425. The summed E-state index contributed by atoms with van der Waals surface area (Å²) in [6.07, 6.45) is 12.5. The van der Waals surface area contributed by atoms with Gasteiger partial charge in [-0.2, -0.15) is 9.47 Å². The molecule has 1 saturated carbocycles. The lowest BCUT2D eigenvalue weighted by atomic mass is 9.90. The van der Waals surface area contributed by atoms with E-state index in [0.29, 0.717) is 24.5 Å². The van der Waals surface area contributed by atoms with Gasteiger partial charge in [-0.1, -0.05) is 6.92 Å². The third-order valence-electron chi connectivity index (χ3n) is 7.97. The van der Waals surface area contributed by atoms with Gasteiger partial charge in [-0.3, -0.25) is 9.58 Å². The lowest BCUT2D eigenvalue weighted by molar-refractivity contribution is 0.00791. The van der Waals surface area contributed by atoms with Crippen LogP contribution in [0.3, 0.4) is 0 Å². The zero-order chi connectivity index (χ0) is 24.3. The van der Waals surface area contributed by atoms with E-state index in [1.807, 2.05) is 6.20 Å². The monoisotopic (exact) mass is 511 g/mol. The zero-order valence-electron chi connectivity index (χ0n) is 21.2. The van der Waals surface area contributed by atoms with Crippen LogP contribution < -0.4 is 5.32 Å². The molecule has 3 aliphatic rings. The maximum Gasteiger partial charge on any atom is 0.149 e. The number of fused-ring (bicyclic) bond motifs is 1. The number of hydrogen-bond acceptors (Lipinski definition) is 9. The molecule has 1 N–H and O–H groups in total. The molecule has 0 radical (unpaired) electrons. The first kappa shape index (κ1) is 24.2. The van der Waals surface area contributed by atoms with Gasteiger partial charge in [0, 0.05) is 51.0 Å². The Bertz CT molecular complexity index is 1140. The SMILES string of the molecule is CCc1nsc2nc(Cc3cnn(C4CCOCC4)c3)nc(NC3CCC(N4CCOCC4)CC3)c12. The molecule has 10 heteroatoms. The predicted octanol–water partition coefficient (Wildman–Crippen LogP) is 3.84.